The number of piperidine rings is 1. The van der Waals surface area contributed by atoms with Gasteiger partial charge in [-0.3, -0.25) is 14.6 Å². The smallest absolute Gasteiger partial charge is 0.191 e. The van der Waals surface area contributed by atoms with Crippen molar-refractivity contribution in [1.82, 2.24) is 25.3 Å². The molecule has 1 saturated heterocycles. The highest BCUT2D eigenvalue weighted by Gasteiger charge is 2.27. The van der Waals surface area contributed by atoms with Crippen LogP contribution in [0.4, 0.5) is 0 Å². The van der Waals surface area contributed by atoms with Crippen LogP contribution in [0.25, 0.3) is 0 Å². The maximum Gasteiger partial charge on any atom is 0.191 e. The first-order valence-electron chi connectivity index (χ1n) is 9.36. The number of aryl methyl sites for hydroxylation is 1. The summed E-state index contributed by atoms with van der Waals surface area (Å²) in [4.78, 5) is 7.41. The van der Waals surface area contributed by atoms with Crippen molar-refractivity contribution in [3.8, 4) is 0 Å². The van der Waals surface area contributed by atoms with Gasteiger partial charge in [-0.15, -0.1) is 0 Å². The molecule has 6 heteroatoms. The summed E-state index contributed by atoms with van der Waals surface area (Å²) in [6.07, 6.45) is 8.86. The third-order valence-corrected chi connectivity index (χ3v) is 4.60. The van der Waals surface area contributed by atoms with Crippen molar-refractivity contribution in [1.29, 1.82) is 0 Å². The fourth-order valence-electron chi connectivity index (χ4n) is 3.09. The highest BCUT2D eigenvalue weighted by Crippen LogP contribution is 2.20. The van der Waals surface area contributed by atoms with Gasteiger partial charge in [0.1, 0.15) is 0 Å². The molecule has 1 aromatic rings. The number of nitrogens with zero attached hydrogens (tertiary/aromatic N) is 4. The second kappa shape index (κ2) is 9.67. The average Bonchev–Trinajstić information content (AvgIpc) is 3.11. The Morgan fingerprint density at radius 2 is 2.00 bits per heavy atom. The minimum absolute atomic E-state index is 0.123. The van der Waals surface area contributed by atoms with E-state index in [4.69, 9.17) is 4.99 Å². The van der Waals surface area contributed by atoms with E-state index in [1.54, 1.807) is 0 Å². The van der Waals surface area contributed by atoms with E-state index in [-0.39, 0.29) is 5.54 Å². The van der Waals surface area contributed by atoms with Gasteiger partial charge in [0.25, 0.3) is 0 Å². The molecule has 2 N–H and O–H groups in total. The molecule has 0 bridgehead atoms. The van der Waals surface area contributed by atoms with Gasteiger partial charge in [-0.25, -0.2) is 0 Å². The molecule has 0 unspecified atom stereocenters. The summed E-state index contributed by atoms with van der Waals surface area (Å²) in [5.74, 6) is 0.919. The normalized spacial score (nSPS) is 17.0. The Balaban J connectivity index is 1.78. The van der Waals surface area contributed by atoms with E-state index in [9.17, 15) is 0 Å². The zero-order valence-electron chi connectivity index (χ0n) is 15.6. The average molecular weight is 335 g/mol. The Bertz CT molecular complexity index is 474. The highest BCUT2D eigenvalue weighted by atomic mass is 15.3. The second-order valence-corrected chi connectivity index (χ2v) is 7.10. The van der Waals surface area contributed by atoms with Crippen LogP contribution in [0, 0.1) is 0 Å². The molecule has 0 aliphatic carbocycles. The van der Waals surface area contributed by atoms with E-state index >= 15 is 0 Å². The van der Waals surface area contributed by atoms with Crippen LogP contribution >= 0.6 is 0 Å². The molecule has 6 nitrogen and oxygen atoms in total. The first-order valence-corrected chi connectivity index (χ1v) is 9.36. The van der Waals surface area contributed by atoms with Crippen molar-refractivity contribution in [3.63, 3.8) is 0 Å². The fourth-order valence-corrected chi connectivity index (χ4v) is 3.09. The molecule has 1 aliphatic heterocycles. The number of likely N-dealkylation sites (tertiary alicyclic amines) is 1. The van der Waals surface area contributed by atoms with Crippen LogP contribution in [0.1, 0.15) is 46.5 Å². The number of rotatable bonds is 8. The van der Waals surface area contributed by atoms with Crippen molar-refractivity contribution < 1.29 is 0 Å². The summed E-state index contributed by atoms with van der Waals surface area (Å²) in [6, 6.07) is 1.96. The quantitative estimate of drug-likeness (QED) is 0.434. The summed E-state index contributed by atoms with van der Waals surface area (Å²) in [5.41, 5.74) is 0.123. The summed E-state index contributed by atoms with van der Waals surface area (Å²) in [5, 5.41) is 11.0. The van der Waals surface area contributed by atoms with Gasteiger partial charge in [0.15, 0.2) is 5.96 Å². The first kappa shape index (κ1) is 18.8. The van der Waals surface area contributed by atoms with Crippen LogP contribution in [0.2, 0.25) is 0 Å². The number of aromatic nitrogens is 2. The standard InChI is InChI=1S/C18H34N6/c1-4-19-17(20-10-8-14-24-15-9-11-22-24)21-16-18(2,3)23-12-6-5-7-13-23/h9,11,15H,4-8,10,12-14,16H2,1-3H3,(H2,19,20,21). The van der Waals surface area contributed by atoms with Crippen molar-refractivity contribution in [3.05, 3.63) is 18.5 Å². The summed E-state index contributed by atoms with van der Waals surface area (Å²) in [6.45, 7) is 12.7. The fraction of sp³-hybridized carbons (Fsp3) is 0.778. The van der Waals surface area contributed by atoms with Crippen LogP contribution in [-0.4, -0.2) is 58.9 Å². The molecule has 1 aromatic heterocycles. The lowest BCUT2D eigenvalue weighted by atomic mass is 9.99. The van der Waals surface area contributed by atoms with Gasteiger partial charge in [-0.05, 0) is 59.2 Å². The van der Waals surface area contributed by atoms with Gasteiger partial charge in [-0.2, -0.15) is 5.10 Å². The van der Waals surface area contributed by atoms with Crippen LogP contribution in [0.3, 0.4) is 0 Å². The summed E-state index contributed by atoms with van der Waals surface area (Å²) >= 11 is 0. The van der Waals surface area contributed by atoms with Gasteiger partial charge in [0.05, 0.1) is 6.54 Å². The van der Waals surface area contributed by atoms with E-state index in [2.05, 4.69) is 41.4 Å². The maximum atomic E-state index is 4.83. The Labute approximate surface area is 146 Å². The van der Waals surface area contributed by atoms with E-state index in [1.807, 2.05) is 23.1 Å². The van der Waals surface area contributed by atoms with Crippen LogP contribution < -0.4 is 10.6 Å². The third kappa shape index (κ3) is 6.15. The van der Waals surface area contributed by atoms with E-state index < -0.39 is 0 Å². The lowest BCUT2D eigenvalue weighted by molar-refractivity contribution is 0.102. The van der Waals surface area contributed by atoms with E-state index in [1.165, 1.54) is 32.4 Å². The highest BCUT2D eigenvalue weighted by molar-refractivity contribution is 5.79. The second-order valence-electron chi connectivity index (χ2n) is 7.10. The summed E-state index contributed by atoms with van der Waals surface area (Å²) in [7, 11) is 0. The maximum absolute atomic E-state index is 4.83. The molecule has 2 rings (SSSR count). The minimum atomic E-state index is 0.123. The van der Waals surface area contributed by atoms with Gasteiger partial charge in [-0.1, -0.05) is 6.42 Å². The predicted octanol–water partition coefficient (Wildman–Crippen LogP) is 2.09. The number of nitrogens with one attached hydrogen (secondary N) is 2. The SMILES string of the molecule is CCNC(=NCC(C)(C)N1CCCCC1)NCCCn1cccn1. The number of aliphatic imine (C=N–C) groups is 1. The molecule has 2 heterocycles. The Hall–Kier alpha value is -1.56. The number of guanidine groups is 1. The molecule has 1 aliphatic rings. The van der Waals surface area contributed by atoms with Crippen LogP contribution in [0.15, 0.2) is 23.5 Å². The zero-order chi connectivity index (χ0) is 17.3. The monoisotopic (exact) mass is 334 g/mol. The van der Waals surface area contributed by atoms with E-state index in [0.717, 1.165) is 38.6 Å². The van der Waals surface area contributed by atoms with Crippen molar-refractivity contribution in [2.45, 2.75) is 58.5 Å². The lowest BCUT2D eigenvalue weighted by Crippen LogP contribution is -2.49. The molecule has 24 heavy (non-hydrogen) atoms. The van der Waals surface area contributed by atoms with Crippen LogP contribution in [-0.2, 0) is 6.54 Å². The molecule has 0 spiro atoms. The molecular formula is C18H34N6. The summed E-state index contributed by atoms with van der Waals surface area (Å²) < 4.78 is 1.96. The van der Waals surface area contributed by atoms with Crippen molar-refractivity contribution in [2.24, 2.45) is 4.99 Å². The number of hydrogen-bond donors (Lipinski definition) is 2. The van der Waals surface area contributed by atoms with Gasteiger partial charge in [0, 0.05) is 37.6 Å². The van der Waals surface area contributed by atoms with E-state index in [0.29, 0.717) is 0 Å². The molecule has 0 atom stereocenters. The van der Waals surface area contributed by atoms with Gasteiger partial charge in [0.2, 0.25) is 0 Å². The molecule has 0 saturated carbocycles. The van der Waals surface area contributed by atoms with Gasteiger partial charge >= 0.3 is 0 Å². The van der Waals surface area contributed by atoms with Crippen LogP contribution in [0.5, 0.6) is 0 Å². The minimum Gasteiger partial charge on any atom is -0.357 e. The Morgan fingerprint density at radius 3 is 2.67 bits per heavy atom. The molecule has 136 valence electrons. The van der Waals surface area contributed by atoms with Crippen molar-refractivity contribution >= 4 is 5.96 Å². The Kier molecular flexibility index (Phi) is 7.56. The molecule has 0 aromatic carbocycles. The molecule has 0 amide bonds. The zero-order valence-corrected chi connectivity index (χ0v) is 15.6. The molecular weight excluding hydrogens is 300 g/mol. The molecule has 0 radical (unpaired) electrons. The topological polar surface area (TPSA) is 57.5 Å². The Morgan fingerprint density at radius 1 is 1.21 bits per heavy atom. The third-order valence-electron chi connectivity index (χ3n) is 4.60. The predicted molar refractivity (Wildman–Crippen MR) is 100 cm³/mol. The van der Waals surface area contributed by atoms with Crippen molar-refractivity contribution in [2.75, 3.05) is 32.7 Å². The molecule has 1 fully saturated rings. The largest absolute Gasteiger partial charge is 0.357 e. The number of hydrogen-bond acceptors (Lipinski definition) is 3. The van der Waals surface area contributed by atoms with Gasteiger partial charge < -0.3 is 10.6 Å². The lowest BCUT2D eigenvalue weighted by Gasteiger charge is -2.40. The first-order chi connectivity index (χ1) is 11.6.